The molecule has 222 valence electrons. The number of carbonyl (C=O) groups excluding carboxylic acids is 1. The number of hydrogen-bond acceptors (Lipinski definition) is 2. The maximum atomic E-state index is 14.2. The van der Waals surface area contributed by atoms with E-state index in [2.05, 4.69) is 151 Å². The minimum atomic E-state index is -0.240. The molecule has 6 aromatic rings. The lowest BCUT2D eigenvalue weighted by atomic mass is 9.73. The van der Waals surface area contributed by atoms with Crippen molar-refractivity contribution in [3.05, 3.63) is 168 Å². The predicted octanol–water partition coefficient (Wildman–Crippen LogP) is 11.2. The van der Waals surface area contributed by atoms with Gasteiger partial charge in [-0.05, 0) is 81.9 Å². The van der Waals surface area contributed by atoms with Crippen LogP contribution in [0, 0.1) is 0 Å². The first-order chi connectivity index (χ1) is 23.0. The molecule has 0 N–H and O–H groups in total. The van der Waals surface area contributed by atoms with Gasteiger partial charge in [0, 0.05) is 38.7 Å². The van der Waals surface area contributed by atoms with Gasteiger partial charge in [0.25, 0.3) is 0 Å². The average molecular weight is 603 g/mol. The molecule has 2 heterocycles. The van der Waals surface area contributed by atoms with Crippen LogP contribution in [0.2, 0.25) is 0 Å². The normalized spacial score (nSPS) is 14.3. The van der Waals surface area contributed by atoms with Crippen LogP contribution in [-0.2, 0) is 5.41 Å². The molecule has 3 nitrogen and oxygen atoms in total. The maximum Gasteiger partial charge on any atom is 0.194 e. The van der Waals surface area contributed by atoms with E-state index >= 15 is 0 Å². The van der Waals surface area contributed by atoms with E-state index in [1.165, 1.54) is 33.1 Å². The highest BCUT2D eigenvalue weighted by atomic mass is 16.1. The summed E-state index contributed by atoms with van der Waals surface area (Å²) in [5.74, 6) is 0.0998. The van der Waals surface area contributed by atoms with Crippen molar-refractivity contribution in [3.8, 4) is 27.9 Å². The Morgan fingerprint density at radius 2 is 1.28 bits per heavy atom. The van der Waals surface area contributed by atoms with Gasteiger partial charge in [0.1, 0.15) is 0 Å². The summed E-state index contributed by atoms with van der Waals surface area (Å²) in [6.45, 7) is 4.66. The molecule has 3 aliphatic carbocycles. The van der Waals surface area contributed by atoms with Crippen molar-refractivity contribution >= 4 is 44.7 Å². The third-order valence-corrected chi connectivity index (χ3v) is 10.5. The molecule has 0 bridgehead atoms. The van der Waals surface area contributed by atoms with E-state index in [0.29, 0.717) is 0 Å². The Kier molecular flexibility index (Phi) is 5.21. The van der Waals surface area contributed by atoms with Crippen LogP contribution >= 0.6 is 0 Å². The van der Waals surface area contributed by atoms with Crippen molar-refractivity contribution in [2.75, 3.05) is 4.90 Å². The van der Waals surface area contributed by atoms with Gasteiger partial charge in [0.15, 0.2) is 5.78 Å². The Balaban J connectivity index is 1.28. The zero-order valence-electron chi connectivity index (χ0n) is 26.2. The van der Waals surface area contributed by atoms with Crippen LogP contribution in [0.15, 0.2) is 146 Å². The summed E-state index contributed by atoms with van der Waals surface area (Å²) in [4.78, 5) is 16.6. The van der Waals surface area contributed by atoms with Crippen molar-refractivity contribution in [1.29, 1.82) is 0 Å². The molecule has 0 saturated heterocycles. The number of para-hydroxylation sites is 3. The summed E-state index contributed by atoms with van der Waals surface area (Å²) >= 11 is 0. The van der Waals surface area contributed by atoms with Gasteiger partial charge in [0.2, 0.25) is 0 Å². The Hall–Kier alpha value is -5.93. The first-order valence-corrected chi connectivity index (χ1v) is 16.2. The first kappa shape index (κ1) is 26.3. The summed E-state index contributed by atoms with van der Waals surface area (Å²) in [5.41, 5.74) is 14.8. The van der Waals surface area contributed by atoms with E-state index in [1.807, 2.05) is 18.2 Å². The van der Waals surface area contributed by atoms with Crippen LogP contribution < -0.4 is 4.90 Å². The number of carbonyl (C=O) groups is 1. The van der Waals surface area contributed by atoms with Gasteiger partial charge >= 0.3 is 0 Å². The molecule has 0 spiro atoms. The Morgan fingerprint density at radius 3 is 2.15 bits per heavy atom. The lowest BCUT2D eigenvalue weighted by molar-refractivity contribution is 0.104. The number of rotatable bonds is 2. The number of hydrogen-bond donors (Lipinski definition) is 0. The molecule has 1 aliphatic heterocycles. The summed E-state index contributed by atoms with van der Waals surface area (Å²) in [6.07, 6.45) is 0. The molecule has 0 amide bonds. The zero-order chi connectivity index (χ0) is 31.4. The largest absolute Gasteiger partial charge is 0.309 e. The number of ketones is 1. The molecule has 4 aliphatic rings. The van der Waals surface area contributed by atoms with Crippen LogP contribution in [-0.4, -0.2) is 10.4 Å². The molecule has 3 heteroatoms. The quantitative estimate of drug-likeness (QED) is 0.197. The molecular formula is C44H30N2O. The molecule has 0 atom stereocenters. The van der Waals surface area contributed by atoms with Crippen molar-refractivity contribution in [3.63, 3.8) is 0 Å². The molecule has 10 rings (SSSR count). The monoisotopic (exact) mass is 602 g/mol. The van der Waals surface area contributed by atoms with Crippen molar-refractivity contribution in [2.45, 2.75) is 19.3 Å². The third kappa shape index (κ3) is 3.43. The molecule has 0 radical (unpaired) electrons. The van der Waals surface area contributed by atoms with Gasteiger partial charge in [-0.25, -0.2) is 0 Å². The zero-order valence-corrected chi connectivity index (χ0v) is 26.2. The number of aromatic nitrogens is 1. The molecule has 1 aromatic heterocycles. The first-order valence-electron chi connectivity index (χ1n) is 16.2. The number of anilines is 3. The van der Waals surface area contributed by atoms with Crippen LogP contribution in [0.3, 0.4) is 0 Å². The van der Waals surface area contributed by atoms with Gasteiger partial charge < -0.3 is 9.47 Å². The lowest BCUT2D eigenvalue weighted by Crippen LogP contribution is -2.30. The van der Waals surface area contributed by atoms with E-state index in [4.69, 9.17) is 0 Å². The lowest BCUT2D eigenvalue weighted by Gasteiger charge is -2.42. The second kappa shape index (κ2) is 9.31. The fourth-order valence-electron chi connectivity index (χ4n) is 8.34. The summed E-state index contributed by atoms with van der Waals surface area (Å²) in [6, 6.07) is 51.6. The Morgan fingerprint density at radius 1 is 0.532 bits per heavy atom. The van der Waals surface area contributed by atoms with E-state index in [9.17, 15) is 4.79 Å². The molecule has 0 fully saturated rings. The second-order valence-electron chi connectivity index (χ2n) is 13.3. The van der Waals surface area contributed by atoms with Gasteiger partial charge in [-0.1, -0.05) is 111 Å². The van der Waals surface area contributed by atoms with E-state index in [-0.39, 0.29) is 11.2 Å². The predicted molar refractivity (Wildman–Crippen MR) is 193 cm³/mol. The van der Waals surface area contributed by atoms with Gasteiger partial charge in [-0.2, -0.15) is 0 Å². The van der Waals surface area contributed by atoms with E-state index in [0.717, 1.165) is 56.0 Å². The highest BCUT2D eigenvalue weighted by Gasteiger charge is 2.40. The Labute approximate surface area is 273 Å². The molecule has 0 unspecified atom stereocenters. The van der Waals surface area contributed by atoms with Crippen LogP contribution in [0.4, 0.5) is 17.1 Å². The van der Waals surface area contributed by atoms with Gasteiger partial charge in [0.05, 0.1) is 22.4 Å². The maximum absolute atomic E-state index is 14.2. The SMILES string of the molecule is CC1(C)c2ccccc2N(c2ccc3c(c2)C(=O)c2c4cccccc-4cc2-3)c2c1ccc1c2c2ccccc2n1-c1ccccc1. The van der Waals surface area contributed by atoms with Crippen molar-refractivity contribution in [2.24, 2.45) is 0 Å². The van der Waals surface area contributed by atoms with E-state index in [1.54, 1.807) is 0 Å². The van der Waals surface area contributed by atoms with Gasteiger partial charge in [-0.15, -0.1) is 0 Å². The minimum absolute atomic E-state index is 0.0998. The number of benzene rings is 5. The van der Waals surface area contributed by atoms with E-state index < -0.39 is 0 Å². The summed E-state index contributed by atoms with van der Waals surface area (Å²) in [7, 11) is 0. The summed E-state index contributed by atoms with van der Waals surface area (Å²) in [5, 5.41) is 2.42. The molecule has 0 saturated carbocycles. The number of nitrogens with zero attached hydrogens (tertiary/aromatic N) is 2. The molecule has 5 aromatic carbocycles. The molecule has 47 heavy (non-hydrogen) atoms. The molecular weight excluding hydrogens is 572 g/mol. The van der Waals surface area contributed by atoms with Crippen molar-refractivity contribution < 1.29 is 4.79 Å². The van der Waals surface area contributed by atoms with Gasteiger partial charge in [-0.3, -0.25) is 4.79 Å². The Bertz CT molecular complexity index is 2570. The third-order valence-electron chi connectivity index (χ3n) is 10.5. The van der Waals surface area contributed by atoms with Crippen molar-refractivity contribution in [1.82, 2.24) is 4.57 Å². The summed E-state index contributed by atoms with van der Waals surface area (Å²) < 4.78 is 2.38. The average Bonchev–Trinajstić information content (AvgIpc) is 3.65. The fourth-order valence-corrected chi connectivity index (χ4v) is 8.34. The number of fused-ring (bicyclic) bond motifs is 11. The van der Waals surface area contributed by atoms with Crippen LogP contribution in [0.25, 0.3) is 49.7 Å². The van der Waals surface area contributed by atoms with Crippen LogP contribution in [0.5, 0.6) is 0 Å². The standard InChI is InChI=1S/C44H30N2O/c1-44(2)35-18-10-12-20-38(35)46(29-21-22-31-33-25-27-13-5-3-8-16-30(27)40(33)43(47)34(31)26-29)42-36(44)23-24-39-41(42)32-17-9-11-19-37(32)45(39)28-14-6-4-7-15-28/h3-26H,1-2H3. The highest BCUT2D eigenvalue weighted by molar-refractivity contribution is 6.27. The van der Waals surface area contributed by atoms with Crippen LogP contribution in [0.1, 0.15) is 40.9 Å². The smallest absolute Gasteiger partial charge is 0.194 e. The fraction of sp³-hybridized carbons (Fsp3) is 0.0682. The topological polar surface area (TPSA) is 25.2 Å². The second-order valence-corrected chi connectivity index (χ2v) is 13.3. The highest BCUT2D eigenvalue weighted by Crippen LogP contribution is 2.56. The minimum Gasteiger partial charge on any atom is -0.309 e.